The Labute approximate surface area is 191 Å². The Morgan fingerprint density at radius 3 is 2.67 bits per heavy atom. The highest BCUT2D eigenvalue weighted by Crippen LogP contribution is 2.47. The van der Waals surface area contributed by atoms with Crippen molar-refractivity contribution >= 4 is 15.7 Å². The van der Waals surface area contributed by atoms with E-state index in [2.05, 4.69) is 10.3 Å². The van der Waals surface area contributed by atoms with Gasteiger partial charge in [-0.3, -0.25) is 9.78 Å². The summed E-state index contributed by atoms with van der Waals surface area (Å²) >= 11 is 0. The fraction of sp³-hybridized carbons (Fsp3) is 0.727. The van der Waals surface area contributed by atoms with E-state index < -0.39 is 39.1 Å². The number of pyridine rings is 1. The Hall–Kier alpha value is -1.72. The average Bonchev–Trinajstić information content (AvgIpc) is 3.26. The monoisotopic (exact) mass is 489 g/mol. The van der Waals surface area contributed by atoms with Gasteiger partial charge in [-0.05, 0) is 36.8 Å². The van der Waals surface area contributed by atoms with Crippen LogP contribution in [-0.4, -0.2) is 65.6 Å². The van der Waals surface area contributed by atoms with Crippen molar-refractivity contribution in [2.45, 2.75) is 70.4 Å². The highest BCUT2D eigenvalue weighted by atomic mass is 32.2. The molecule has 4 rings (SSSR count). The Bertz CT molecular complexity index is 1030. The number of nitrogens with one attached hydrogen (secondary N) is 1. The van der Waals surface area contributed by atoms with Gasteiger partial charge in [0.15, 0.2) is 9.84 Å². The Balaban J connectivity index is 1.49. The third-order valence-corrected chi connectivity index (χ3v) is 9.22. The first kappa shape index (κ1) is 24.4. The number of carbonyl (C=O) groups is 1. The molecule has 0 radical (unpaired) electrons. The number of aliphatic hydroxyl groups is 1. The predicted molar refractivity (Wildman–Crippen MR) is 115 cm³/mol. The van der Waals surface area contributed by atoms with Crippen LogP contribution in [0.1, 0.15) is 49.9 Å². The molecule has 1 saturated carbocycles. The van der Waals surface area contributed by atoms with Gasteiger partial charge < -0.3 is 15.3 Å². The number of sulfone groups is 1. The molecule has 1 amide bonds. The van der Waals surface area contributed by atoms with Gasteiger partial charge in [0.1, 0.15) is 0 Å². The van der Waals surface area contributed by atoms with Gasteiger partial charge in [-0.1, -0.05) is 13.8 Å². The van der Waals surface area contributed by atoms with Gasteiger partial charge >= 0.3 is 6.18 Å². The molecule has 0 spiro atoms. The van der Waals surface area contributed by atoms with Crippen molar-refractivity contribution in [1.82, 2.24) is 15.2 Å². The molecular weight excluding hydrogens is 459 g/mol. The molecule has 184 valence electrons. The number of hydrogen-bond acceptors (Lipinski definition) is 6. The number of alkyl halides is 3. The van der Waals surface area contributed by atoms with Crippen molar-refractivity contribution < 1.29 is 31.5 Å². The molecule has 2 aliphatic heterocycles. The van der Waals surface area contributed by atoms with E-state index in [4.69, 9.17) is 0 Å². The number of hydrogen-bond donors (Lipinski definition) is 2. The van der Waals surface area contributed by atoms with Crippen LogP contribution in [0.15, 0.2) is 12.3 Å². The summed E-state index contributed by atoms with van der Waals surface area (Å²) in [7, 11) is -3.28. The van der Waals surface area contributed by atoms with Crippen LogP contribution in [0.25, 0.3) is 0 Å². The number of aliphatic hydroxyl groups excluding tert-OH is 1. The van der Waals surface area contributed by atoms with Gasteiger partial charge in [0.25, 0.3) is 0 Å². The summed E-state index contributed by atoms with van der Waals surface area (Å²) < 4.78 is 63.0. The number of aromatic nitrogens is 1. The molecule has 0 bridgehead atoms. The minimum Gasteiger partial charge on any atom is -0.390 e. The summed E-state index contributed by atoms with van der Waals surface area (Å²) in [6.45, 7) is 4.43. The van der Waals surface area contributed by atoms with Crippen LogP contribution in [0.3, 0.4) is 0 Å². The standard InChI is InChI=1S/C22H30F3N3O4S/c1-13(2)21(5-3-16(8-21)27-18-11-33(31,32)12-19(18)29)20(30)28-6-4-17-14(10-28)7-15(9-26-17)22(23,24)25/h7,9,13,16,18-19,27,29H,3-6,8,10-12H2,1-2H3/t16-,18?,19+,21+/m1/s1. The van der Waals surface area contributed by atoms with Crippen molar-refractivity contribution in [3.8, 4) is 0 Å². The number of halogens is 3. The number of fused-ring (bicyclic) bond motifs is 1. The van der Waals surface area contributed by atoms with Crippen molar-refractivity contribution in [3.63, 3.8) is 0 Å². The van der Waals surface area contributed by atoms with E-state index in [1.54, 1.807) is 4.90 Å². The van der Waals surface area contributed by atoms with Gasteiger partial charge in [-0.2, -0.15) is 13.2 Å². The Morgan fingerprint density at radius 2 is 2.06 bits per heavy atom. The van der Waals surface area contributed by atoms with Gasteiger partial charge in [-0.15, -0.1) is 0 Å². The van der Waals surface area contributed by atoms with Gasteiger partial charge in [0.05, 0.1) is 28.6 Å². The summed E-state index contributed by atoms with van der Waals surface area (Å²) in [4.78, 5) is 19.3. The predicted octanol–water partition coefficient (Wildman–Crippen LogP) is 1.93. The second kappa shape index (κ2) is 8.49. The molecule has 2 fully saturated rings. The van der Waals surface area contributed by atoms with E-state index in [9.17, 15) is 31.5 Å². The number of carbonyl (C=O) groups excluding carboxylic acids is 1. The largest absolute Gasteiger partial charge is 0.417 e. The summed E-state index contributed by atoms with van der Waals surface area (Å²) in [5, 5.41) is 13.4. The first-order chi connectivity index (χ1) is 15.3. The van der Waals surface area contributed by atoms with E-state index in [1.165, 1.54) is 0 Å². The first-order valence-electron chi connectivity index (χ1n) is 11.3. The topological polar surface area (TPSA) is 99.6 Å². The molecule has 1 aliphatic carbocycles. The minimum atomic E-state index is -4.49. The second-order valence-electron chi connectivity index (χ2n) is 9.97. The van der Waals surface area contributed by atoms with E-state index >= 15 is 0 Å². The number of nitrogens with zero attached hydrogens (tertiary/aromatic N) is 2. The molecule has 11 heteroatoms. The molecule has 7 nitrogen and oxygen atoms in total. The lowest BCUT2D eigenvalue weighted by Crippen LogP contribution is -2.49. The van der Waals surface area contributed by atoms with Crippen LogP contribution >= 0.6 is 0 Å². The summed E-state index contributed by atoms with van der Waals surface area (Å²) in [6, 6.07) is 0.428. The molecular formula is C22H30F3N3O4S. The molecule has 4 atom stereocenters. The highest BCUT2D eigenvalue weighted by Gasteiger charge is 2.50. The molecule has 2 N–H and O–H groups in total. The van der Waals surface area contributed by atoms with E-state index in [0.717, 1.165) is 12.3 Å². The van der Waals surface area contributed by atoms with Crippen LogP contribution in [-0.2, 0) is 33.8 Å². The van der Waals surface area contributed by atoms with Crippen molar-refractivity contribution in [2.24, 2.45) is 11.3 Å². The fourth-order valence-electron chi connectivity index (χ4n) is 5.54. The molecule has 1 aromatic heterocycles. The Kier molecular flexibility index (Phi) is 6.28. The quantitative estimate of drug-likeness (QED) is 0.671. The van der Waals surface area contributed by atoms with E-state index in [1.807, 2.05) is 13.8 Å². The maximum absolute atomic E-state index is 13.7. The fourth-order valence-corrected chi connectivity index (χ4v) is 7.30. The maximum atomic E-state index is 13.7. The van der Waals surface area contributed by atoms with Gasteiger partial charge in [0, 0.05) is 43.5 Å². The molecule has 1 saturated heterocycles. The van der Waals surface area contributed by atoms with Crippen LogP contribution in [0, 0.1) is 11.3 Å². The van der Waals surface area contributed by atoms with Gasteiger partial charge in [-0.25, -0.2) is 8.42 Å². The molecule has 3 heterocycles. The molecule has 1 unspecified atom stereocenters. The van der Waals surface area contributed by atoms with E-state index in [0.29, 0.717) is 43.5 Å². The zero-order chi connectivity index (χ0) is 24.2. The van der Waals surface area contributed by atoms with E-state index in [-0.39, 0.29) is 35.9 Å². The molecule has 0 aromatic carbocycles. The van der Waals surface area contributed by atoms with Crippen molar-refractivity contribution in [1.29, 1.82) is 0 Å². The van der Waals surface area contributed by atoms with Crippen LogP contribution in [0.4, 0.5) is 13.2 Å². The average molecular weight is 490 g/mol. The van der Waals surface area contributed by atoms with Crippen LogP contribution in [0.5, 0.6) is 0 Å². The molecule has 3 aliphatic rings. The first-order valence-corrected chi connectivity index (χ1v) is 13.1. The summed E-state index contributed by atoms with van der Waals surface area (Å²) in [6.07, 6.45) is -2.45. The van der Waals surface area contributed by atoms with Crippen LogP contribution < -0.4 is 5.32 Å². The summed E-state index contributed by atoms with van der Waals surface area (Å²) in [5.74, 6) is -0.461. The minimum absolute atomic E-state index is 0.00457. The molecule has 33 heavy (non-hydrogen) atoms. The number of rotatable bonds is 4. The normalized spacial score (nSPS) is 31.7. The third-order valence-electron chi connectivity index (χ3n) is 7.51. The lowest BCUT2D eigenvalue weighted by Gasteiger charge is -2.39. The lowest BCUT2D eigenvalue weighted by molar-refractivity contribution is -0.146. The van der Waals surface area contributed by atoms with Crippen molar-refractivity contribution in [2.75, 3.05) is 18.1 Å². The molecule has 1 aromatic rings. The Morgan fingerprint density at radius 1 is 1.33 bits per heavy atom. The lowest BCUT2D eigenvalue weighted by atomic mass is 9.74. The second-order valence-corrected chi connectivity index (χ2v) is 12.1. The zero-order valence-corrected chi connectivity index (χ0v) is 19.5. The van der Waals surface area contributed by atoms with Gasteiger partial charge in [0.2, 0.25) is 5.91 Å². The third kappa shape index (κ3) is 4.77. The highest BCUT2D eigenvalue weighted by molar-refractivity contribution is 7.91. The SMILES string of the molecule is CC(C)[C@]1(C(=O)N2CCc3ncc(C(F)(F)F)cc3C2)CC[C@@H](NC2CS(=O)(=O)C[C@@H]2O)C1. The summed E-state index contributed by atoms with van der Waals surface area (Å²) in [5.41, 5.74) is -0.486. The zero-order valence-electron chi connectivity index (χ0n) is 18.7. The maximum Gasteiger partial charge on any atom is 0.417 e. The van der Waals surface area contributed by atoms with Crippen LogP contribution in [0.2, 0.25) is 0 Å². The van der Waals surface area contributed by atoms with Crippen molar-refractivity contribution in [3.05, 3.63) is 29.1 Å². The number of amides is 1. The smallest absolute Gasteiger partial charge is 0.390 e.